The average molecular weight is 162 g/mol. The molecule has 0 aliphatic heterocycles. The Labute approximate surface area is 62.4 Å². The largest absolute Gasteiger partial charge is 0.439 e. The Morgan fingerprint density at radius 1 is 1.33 bits per heavy atom. The van der Waals surface area contributed by atoms with Gasteiger partial charge in [0.15, 0.2) is 0 Å². The van der Waals surface area contributed by atoms with E-state index in [4.69, 9.17) is 4.80 Å². The molecule has 0 spiro atoms. The van der Waals surface area contributed by atoms with Crippen LogP contribution in [0.1, 0.15) is 32.6 Å². The summed E-state index contributed by atoms with van der Waals surface area (Å²) < 4.78 is 0. The summed E-state index contributed by atoms with van der Waals surface area (Å²) >= 11 is 0. The van der Waals surface area contributed by atoms with Crippen LogP contribution in [0, 0.1) is 0 Å². The maximum atomic E-state index is 9.05. The Morgan fingerprint density at radius 3 is 2.44 bits per heavy atom. The van der Waals surface area contributed by atoms with Gasteiger partial charge in [-0.15, -0.1) is 0 Å². The van der Waals surface area contributed by atoms with Crippen LogP contribution in [0.4, 0.5) is 0 Å². The molecule has 1 unspecified atom stereocenters. The van der Waals surface area contributed by atoms with E-state index in [0.717, 1.165) is 9.76 Å². The highest BCUT2D eigenvalue weighted by Crippen LogP contribution is 2.02. The van der Waals surface area contributed by atoms with E-state index in [9.17, 15) is 0 Å². The van der Waals surface area contributed by atoms with Crippen LogP contribution >= 0.6 is 0 Å². The van der Waals surface area contributed by atoms with Crippen molar-refractivity contribution >= 4 is 18.3 Å². The predicted molar refractivity (Wildman–Crippen MR) is 48.3 cm³/mol. The maximum Gasteiger partial charge on any atom is 0.149 e. The third-order valence-electron chi connectivity index (χ3n) is 1.48. The van der Waals surface area contributed by atoms with Crippen LogP contribution < -0.4 is 0 Å². The molecule has 1 nitrogen and oxygen atoms in total. The summed E-state index contributed by atoms with van der Waals surface area (Å²) in [4.78, 5) is 9.05. The van der Waals surface area contributed by atoms with Crippen LogP contribution in [0.15, 0.2) is 0 Å². The van der Waals surface area contributed by atoms with Gasteiger partial charge in [0.25, 0.3) is 0 Å². The van der Waals surface area contributed by atoms with Crippen LogP contribution in [0.2, 0.25) is 6.04 Å². The van der Waals surface area contributed by atoms with Crippen molar-refractivity contribution in [2.75, 3.05) is 0 Å². The molecule has 56 valence electrons. The van der Waals surface area contributed by atoms with Gasteiger partial charge in [-0.25, -0.2) is 0 Å². The fourth-order valence-electron chi connectivity index (χ4n) is 0.867. The summed E-state index contributed by atoms with van der Waals surface area (Å²) in [6.07, 6.45) is 5.27. The maximum absolute atomic E-state index is 9.05. The van der Waals surface area contributed by atoms with Gasteiger partial charge >= 0.3 is 0 Å². The summed E-state index contributed by atoms with van der Waals surface area (Å²) in [5.41, 5.74) is 0. The van der Waals surface area contributed by atoms with Crippen LogP contribution in [-0.2, 0) is 0 Å². The van der Waals surface area contributed by atoms with Gasteiger partial charge in [-0.1, -0.05) is 32.6 Å². The zero-order valence-corrected chi connectivity index (χ0v) is 9.71. The molecule has 0 aromatic carbocycles. The standard InChI is InChI=1S/C6H18OSi2/c1-2-3-4-5-6-9(7)8/h7,9H,2-6H2,1,8H3. The molecule has 0 rings (SSSR count). The molecule has 1 N–H and O–H groups in total. The van der Waals surface area contributed by atoms with E-state index in [2.05, 4.69) is 6.92 Å². The second kappa shape index (κ2) is 6.51. The van der Waals surface area contributed by atoms with Gasteiger partial charge in [0.05, 0.1) is 0 Å². The average Bonchev–Trinajstić information content (AvgIpc) is 1.80. The molecule has 0 amide bonds. The van der Waals surface area contributed by atoms with Gasteiger partial charge in [-0.3, -0.25) is 0 Å². The Bertz CT molecular complexity index is 57.0. The first kappa shape index (κ1) is 9.39. The zero-order valence-electron chi connectivity index (χ0n) is 6.56. The number of hydrogen-bond acceptors (Lipinski definition) is 1. The quantitative estimate of drug-likeness (QED) is 0.451. The summed E-state index contributed by atoms with van der Waals surface area (Å²) in [7, 11) is 0.00743. The molecule has 3 heteroatoms. The first-order valence-electron chi connectivity index (χ1n) is 3.95. The van der Waals surface area contributed by atoms with Gasteiger partial charge in [0.2, 0.25) is 0 Å². The molecule has 0 radical (unpaired) electrons. The summed E-state index contributed by atoms with van der Waals surface area (Å²) in [6.45, 7) is 2.22. The van der Waals surface area contributed by atoms with Crippen LogP contribution in [0.3, 0.4) is 0 Å². The van der Waals surface area contributed by atoms with Crippen molar-refractivity contribution < 1.29 is 4.80 Å². The minimum Gasteiger partial charge on any atom is -0.439 e. The number of hydrogen-bond donors (Lipinski definition) is 1. The van der Waals surface area contributed by atoms with E-state index in [1.54, 1.807) is 0 Å². The Balaban J connectivity index is 2.75. The van der Waals surface area contributed by atoms with Gasteiger partial charge in [-0.2, -0.15) is 0 Å². The van der Waals surface area contributed by atoms with Crippen LogP contribution in [0.25, 0.3) is 0 Å². The Kier molecular flexibility index (Phi) is 6.80. The molecule has 0 bridgehead atoms. The molecule has 0 fully saturated rings. The summed E-state index contributed by atoms with van der Waals surface area (Å²) in [5, 5.41) is 0. The number of unbranched alkanes of at least 4 members (excludes halogenated alkanes) is 3. The predicted octanol–water partition coefficient (Wildman–Crippen LogP) is 0.145. The highest BCUT2D eigenvalue weighted by atomic mass is 29.2. The molecule has 0 aliphatic carbocycles. The molecule has 0 heterocycles. The second-order valence-electron chi connectivity index (χ2n) is 2.70. The van der Waals surface area contributed by atoms with Crippen molar-refractivity contribution in [3.05, 3.63) is 0 Å². The molecule has 9 heavy (non-hydrogen) atoms. The minimum atomic E-state index is -1.07. The van der Waals surface area contributed by atoms with Crippen molar-refractivity contribution in [2.45, 2.75) is 38.7 Å². The molecule has 0 saturated heterocycles. The van der Waals surface area contributed by atoms with E-state index < -0.39 is 8.56 Å². The van der Waals surface area contributed by atoms with Crippen molar-refractivity contribution in [1.29, 1.82) is 0 Å². The first-order valence-corrected chi connectivity index (χ1v) is 9.90. The van der Waals surface area contributed by atoms with Crippen molar-refractivity contribution in [3.63, 3.8) is 0 Å². The number of rotatable bonds is 5. The van der Waals surface area contributed by atoms with Crippen molar-refractivity contribution in [3.8, 4) is 0 Å². The minimum absolute atomic E-state index is 1.07. The van der Waals surface area contributed by atoms with Crippen LogP contribution in [0.5, 0.6) is 0 Å². The second-order valence-corrected chi connectivity index (χ2v) is 8.97. The fraction of sp³-hybridized carbons (Fsp3) is 1.00. The molecule has 0 aromatic heterocycles. The Morgan fingerprint density at radius 2 is 2.00 bits per heavy atom. The lowest BCUT2D eigenvalue weighted by atomic mass is 10.2. The monoisotopic (exact) mass is 162 g/mol. The lowest BCUT2D eigenvalue weighted by molar-refractivity contribution is 0.580. The van der Waals surface area contributed by atoms with E-state index in [1.165, 1.54) is 31.7 Å². The topological polar surface area (TPSA) is 20.2 Å². The van der Waals surface area contributed by atoms with Crippen molar-refractivity contribution in [2.24, 2.45) is 0 Å². The summed E-state index contributed by atoms with van der Waals surface area (Å²) in [5.74, 6) is 0. The van der Waals surface area contributed by atoms with Crippen LogP contribution in [-0.4, -0.2) is 23.1 Å². The van der Waals surface area contributed by atoms with E-state index >= 15 is 0 Å². The smallest absolute Gasteiger partial charge is 0.149 e. The molecule has 0 aromatic rings. The normalized spacial score (nSPS) is 14.0. The van der Waals surface area contributed by atoms with Gasteiger partial charge < -0.3 is 4.80 Å². The van der Waals surface area contributed by atoms with Gasteiger partial charge in [-0.05, 0) is 6.04 Å². The molecule has 1 atom stereocenters. The fourth-order valence-corrected chi connectivity index (χ4v) is 2.97. The zero-order chi connectivity index (χ0) is 7.11. The highest BCUT2D eigenvalue weighted by Gasteiger charge is 1.95. The molecule has 0 aliphatic rings. The molecular formula is C6H18OSi2. The third-order valence-corrected chi connectivity index (χ3v) is 4.45. The lowest BCUT2D eigenvalue weighted by Gasteiger charge is -1.99. The SMILES string of the molecule is CCCCCC[SiH](O)[SiH3]. The lowest BCUT2D eigenvalue weighted by Crippen LogP contribution is -2.10. The summed E-state index contributed by atoms with van der Waals surface area (Å²) in [6, 6.07) is 1.17. The van der Waals surface area contributed by atoms with E-state index in [-0.39, 0.29) is 0 Å². The Hall–Kier alpha value is 0.394. The van der Waals surface area contributed by atoms with Gasteiger partial charge in [0, 0.05) is 9.76 Å². The molecule has 0 saturated carbocycles. The van der Waals surface area contributed by atoms with E-state index in [0.29, 0.717) is 0 Å². The highest BCUT2D eigenvalue weighted by molar-refractivity contribution is 6.98. The third kappa shape index (κ3) is 8.39. The first-order chi connectivity index (χ1) is 4.27. The van der Waals surface area contributed by atoms with Crippen molar-refractivity contribution in [1.82, 2.24) is 0 Å². The van der Waals surface area contributed by atoms with E-state index in [1.807, 2.05) is 0 Å². The molecular weight excluding hydrogens is 144 g/mol. The van der Waals surface area contributed by atoms with Gasteiger partial charge in [0.1, 0.15) is 8.56 Å².